The molecule has 7 heteroatoms. The van der Waals surface area contributed by atoms with Gasteiger partial charge >= 0.3 is 6.03 Å². The topological polar surface area (TPSA) is 79.0 Å². The molecular formula is C13H15BrN4O2. The van der Waals surface area contributed by atoms with Crippen LogP contribution >= 0.6 is 15.9 Å². The zero-order chi connectivity index (χ0) is 14.5. The van der Waals surface area contributed by atoms with E-state index in [1.165, 1.54) is 6.20 Å². The molecule has 6 nitrogen and oxygen atoms in total. The Morgan fingerprint density at radius 1 is 1.50 bits per heavy atom. The van der Waals surface area contributed by atoms with Crippen LogP contribution in [0, 0.1) is 0 Å². The Labute approximate surface area is 125 Å². The van der Waals surface area contributed by atoms with Gasteiger partial charge in [-0.05, 0) is 40.5 Å². The monoisotopic (exact) mass is 338 g/mol. The third kappa shape index (κ3) is 3.51. The fraction of sp³-hybridized carbons (Fsp3) is 0.231. The standard InChI is InChI=1S/C13H15BrN4O2/c1-8(9-3-4-12(20-2)11(14)5-9)17-13(19)18-10-6-15-16-7-10/h3-8H,1-2H3,(H,15,16)(H2,17,18,19)/t8-/m0/s1. The molecular weight excluding hydrogens is 324 g/mol. The summed E-state index contributed by atoms with van der Waals surface area (Å²) in [5.74, 6) is 0.754. The van der Waals surface area contributed by atoms with Gasteiger partial charge in [-0.25, -0.2) is 4.79 Å². The van der Waals surface area contributed by atoms with Gasteiger partial charge in [0.25, 0.3) is 0 Å². The Balaban J connectivity index is 1.99. The lowest BCUT2D eigenvalue weighted by molar-refractivity contribution is 0.249. The van der Waals surface area contributed by atoms with Gasteiger partial charge in [-0.15, -0.1) is 0 Å². The van der Waals surface area contributed by atoms with Crippen LogP contribution in [0.1, 0.15) is 18.5 Å². The SMILES string of the molecule is COc1ccc([C@H](C)NC(=O)Nc2cn[nH]c2)cc1Br. The van der Waals surface area contributed by atoms with Gasteiger partial charge in [0.2, 0.25) is 0 Å². The summed E-state index contributed by atoms with van der Waals surface area (Å²) in [7, 11) is 1.61. The van der Waals surface area contributed by atoms with Crippen molar-refractivity contribution < 1.29 is 9.53 Å². The number of nitrogens with one attached hydrogen (secondary N) is 3. The van der Waals surface area contributed by atoms with Crippen LogP contribution < -0.4 is 15.4 Å². The summed E-state index contributed by atoms with van der Waals surface area (Å²) in [4.78, 5) is 11.8. The van der Waals surface area contributed by atoms with Crippen molar-refractivity contribution in [3.8, 4) is 5.75 Å². The van der Waals surface area contributed by atoms with Gasteiger partial charge in [0.15, 0.2) is 0 Å². The molecule has 0 saturated heterocycles. The molecule has 2 amide bonds. The number of ether oxygens (including phenoxy) is 1. The fourth-order valence-corrected chi connectivity index (χ4v) is 2.28. The highest BCUT2D eigenvalue weighted by Crippen LogP contribution is 2.27. The molecule has 1 atom stereocenters. The molecule has 20 heavy (non-hydrogen) atoms. The third-order valence-electron chi connectivity index (χ3n) is 2.78. The first kappa shape index (κ1) is 14.4. The van der Waals surface area contributed by atoms with Crippen molar-refractivity contribution in [3.63, 3.8) is 0 Å². The first-order valence-corrected chi connectivity index (χ1v) is 6.79. The predicted molar refractivity (Wildman–Crippen MR) is 79.9 cm³/mol. The van der Waals surface area contributed by atoms with E-state index >= 15 is 0 Å². The third-order valence-corrected chi connectivity index (χ3v) is 3.40. The molecule has 0 bridgehead atoms. The number of nitrogens with zero attached hydrogens (tertiary/aromatic N) is 1. The Morgan fingerprint density at radius 3 is 2.90 bits per heavy atom. The van der Waals surface area contributed by atoms with Crippen LogP contribution in [0.15, 0.2) is 35.1 Å². The summed E-state index contributed by atoms with van der Waals surface area (Å²) >= 11 is 3.42. The zero-order valence-corrected chi connectivity index (χ0v) is 12.7. The second kappa shape index (κ2) is 6.42. The van der Waals surface area contributed by atoms with Gasteiger partial charge in [0.05, 0.1) is 29.5 Å². The van der Waals surface area contributed by atoms with Crippen molar-refractivity contribution in [2.45, 2.75) is 13.0 Å². The maximum Gasteiger partial charge on any atom is 0.319 e. The second-order valence-corrected chi connectivity index (χ2v) is 5.06. The van der Waals surface area contributed by atoms with Gasteiger partial charge < -0.3 is 15.4 Å². The highest BCUT2D eigenvalue weighted by atomic mass is 79.9. The van der Waals surface area contributed by atoms with E-state index < -0.39 is 0 Å². The van der Waals surface area contributed by atoms with Crippen molar-refractivity contribution >= 4 is 27.6 Å². The molecule has 1 aromatic heterocycles. The lowest BCUT2D eigenvalue weighted by Gasteiger charge is -2.15. The van der Waals surface area contributed by atoms with Crippen molar-refractivity contribution in [1.82, 2.24) is 15.5 Å². The van der Waals surface area contributed by atoms with Gasteiger partial charge in [-0.2, -0.15) is 5.10 Å². The van der Waals surface area contributed by atoms with Crippen molar-refractivity contribution in [2.75, 3.05) is 12.4 Å². The van der Waals surface area contributed by atoms with Crippen LogP contribution in [0.25, 0.3) is 0 Å². The summed E-state index contributed by atoms with van der Waals surface area (Å²) in [6.45, 7) is 1.91. The van der Waals surface area contributed by atoms with Crippen molar-refractivity contribution in [1.29, 1.82) is 0 Å². The minimum atomic E-state index is -0.286. The number of hydrogen-bond donors (Lipinski definition) is 3. The Bertz CT molecular complexity index is 586. The number of H-pyrrole nitrogens is 1. The minimum Gasteiger partial charge on any atom is -0.496 e. The number of methoxy groups -OCH3 is 1. The average Bonchev–Trinajstić information content (AvgIpc) is 2.91. The average molecular weight is 339 g/mol. The maximum atomic E-state index is 11.8. The molecule has 0 radical (unpaired) electrons. The van der Waals surface area contributed by atoms with E-state index in [9.17, 15) is 4.79 Å². The summed E-state index contributed by atoms with van der Waals surface area (Å²) in [6, 6.07) is 5.26. The smallest absolute Gasteiger partial charge is 0.319 e. The molecule has 106 valence electrons. The number of rotatable bonds is 4. The van der Waals surface area contributed by atoms with Crippen LogP contribution in [0.2, 0.25) is 0 Å². The number of carbonyl (C=O) groups excluding carboxylic acids is 1. The van der Waals surface area contributed by atoms with Crippen LogP contribution in [0.5, 0.6) is 5.75 Å². The summed E-state index contributed by atoms with van der Waals surface area (Å²) in [5.41, 5.74) is 1.59. The van der Waals surface area contributed by atoms with E-state index in [1.807, 2.05) is 25.1 Å². The Hall–Kier alpha value is -2.02. The van der Waals surface area contributed by atoms with E-state index in [0.29, 0.717) is 5.69 Å². The lowest BCUT2D eigenvalue weighted by atomic mass is 10.1. The molecule has 0 fully saturated rings. The molecule has 0 aliphatic rings. The molecule has 0 saturated carbocycles. The van der Waals surface area contributed by atoms with E-state index in [2.05, 4.69) is 36.8 Å². The van der Waals surface area contributed by atoms with E-state index in [1.54, 1.807) is 13.3 Å². The van der Waals surface area contributed by atoms with Gasteiger partial charge in [0, 0.05) is 6.20 Å². The van der Waals surface area contributed by atoms with Crippen LogP contribution in [-0.2, 0) is 0 Å². The summed E-state index contributed by atoms with van der Waals surface area (Å²) < 4.78 is 6.02. The van der Waals surface area contributed by atoms with Crippen molar-refractivity contribution in [2.24, 2.45) is 0 Å². The van der Waals surface area contributed by atoms with Crippen LogP contribution in [0.4, 0.5) is 10.5 Å². The van der Waals surface area contributed by atoms with Gasteiger partial charge in [-0.1, -0.05) is 6.07 Å². The molecule has 1 heterocycles. The predicted octanol–water partition coefficient (Wildman–Crippen LogP) is 3.06. The number of carbonyl (C=O) groups is 1. The number of urea groups is 1. The normalized spacial score (nSPS) is 11.8. The Kier molecular flexibility index (Phi) is 4.62. The van der Waals surface area contributed by atoms with E-state index in [-0.39, 0.29) is 12.1 Å². The molecule has 2 aromatic rings. The van der Waals surface area contributed by atoms with E-state index in [4.69, 9.17) is 4.74 Å². The van der Waals surface area contributed by atoms with Crippen LogP contribution in [-0.4, -0.2) is 23.3 Å². The number of halogens is 1. The number of aromatic nitrogens is 2. The number of amides is 2. The second-order valence-electron chi connectivity index (χ2n) is 4.20. The van der Waals surface area contributed by atoms with Gasteiger partial charge in [-0.3, -0.25) is 5.10 Å². The molecule has 0 unspecified atom stereocenters. The minimum absolute atomic E-state index is 0.135. The van der Waals surface area contributed by atoms with Gasteiger partial charge in [0.1, 0.15) is 5.75 Å². The van der Waals surface area contributed by atoms with E-state index in [0.717, 1.165) is 15.8 Å². The fourth-order valence-electron chi connectivity index (χ4n) is 1.72. The first-order valence-electron chi connectivity index (χ1n) is 6.00. The highest BCUT2D eigenvalue weighted by Gasteiger charge is 2.11. The number of anilines is 1. The first-order chi connectivity index (χ1) is 9.60. The van der Waals surface area contributed by atoms with Crippen LogP contribution in [0.3, 0.4) is 0 Å². The number of aromatic amines is 1. The Morgan fingerprint density at radius 2 is 2.30 bits per heavy atom. The highest BCUT2D eigenvalue weighted by molar-refractivity contribution is 9.10. The quantitative estimate of drug-likeness (QED) is 0.801. The molecule has 0 spiro atoms. The molecule has 0 aliphatic carbocycles. The molecule has 1 aromatic carbocycles. The molecule has 3 N–H and O–H groups in total. The zero-order valence-electron chi connectivity index (χ0n) is 11.1. The van der Waals surface area contributed by atoms with Crippen molar-refractivity contribution in [3.05, 3.63) is 40.6 Å². The molecule has 2 rings (SSSR count). The summed E-state index contributed by atoms with van der Waals surface area (Å²) in [6.07, 6.45) is 3.14. The number of benzene rings is 1. The summed E-state index contributed by atoms with van der Waals surface area (Å²) in [5, 5.41) is 11.9. The molecule has 0 aliphatic heterocycles. The maximum absolute atomic E-state index is 11.8. The number of hydrogen-bond acceptors (Lipinski definition) is 3. The lowest BCUT2D eigenvalue weighted by Crippen LogP contribution is -2.31. The largest absolute Gasteiger partial charge is 0.496 e.